The van der Waals surface area contributed by atoms with Crippen LogP contribution < -0.4 is 5.73 Å². The molecular weight excluding hydrogens is 240 g/mol. The second-order valence-electron chi connectivity index (χ2n) is 3.53. The molecule has 1 rings (SSSR count). The van der Waals surface area contributed by atoms with Gasteiger partial charge in [0.25, 0.3) is 0 Å². The largest absolute Gasteiger partial charge is 0.368 e. The highest BCUT2D eigenvalue weighted by atomic mass is 35.5. The van der Waals surface area contributed by atoms with Crippen molar-refractivity contribution in [1.29, 1.82) is 0 Å². The van der Waals surface area contributed by atoms with Crippen LogP contribution in [0.2, 0.25) is 0 Å². The van der Waals surface area contributed by atoms with Gasteiger partial charge in [0.15, 0.2) is 0 Å². The number of rotatable bonds is 6. The third-order valence-electron chi connectivity index (χ3n) is 2.44. The summed E-state index contributed by atoms with van der Waals surface area (Å²) in [5.41, 5.74) is 5.07. The Labute approximate surface area is 94.6 Å². The Hall–Kier alpha value is -0.330. The van der Waals surface area contributed by atoms with Crippen LogP contribution in [-0.4, -0.2) is 42.8 Å². The summed E-state index contributed by atoms with van der Waals surface area (Å²) < 4.78 is 24.5. The van der Waals surface area contributed by atoms with E-state index in [4.69, 9.17) is 17.3 Å². The van der Waals surface area contributed by atoms with Crippen molar-refractivity contribution in [3.8, 4) is 0 Å². The van der Waals surface area contributed by atoms with Gasteiger partial charge in [-0.2, -0.15) is 4.31 Å². The van der Waals surface area contributed by atoms with Crippen LogP contribution >= 0.6 is 11.6 Å². The zero-order chi connectivity index (χ0) is 11.5. The Balaban J connectivity index is 2.51. The molecule has 1 fully saturated rings. The third kappa shape index (κ3) is 3.06. The van der Waals surface area contributed by atoms with E-state index in [9.17, 15) is 13.2 Å². The molecule has 15 heavy (non-hydrogen) atoms. The van der Waals surface area contributed by atoms with E-state index in [0.29, 0.717) is 31.7 Å². The Morgan fingerprint density at radius 2 is 2.13 bits per heavy atom. The molecule has 0 spiro atoms. The van der Waals surface area contributed by atoms with Gasteiger partial charge < -0.3 is 5.73 Å². The van der Waals surface area contributed by atoms with Crippen LogP contribution in [0.4, 0.5) is 0 Å². The smallest absolute Gasteiger partial charge is 0.235 e. The maximum absolute atomic E-state index is 11.7. The van der Waals surface area contributed by atoms with Crippen molar-refractivity contribution in [3.05, 3.63) is 0 Å². The molecule has 1 aliphatic heterocycles. The minimum absolute atomic E-state index is 0.0451. The molecule has 0 aromatic carbocycles. The van der Waals surface area contributed by atoms with Crippen molar-refractivity contribution in [1.82, 2.24) is 4.31 Å². The van der Waals surface area contributed by atoms with E-state index in [1.54, 1.807) is 0 Å². The number of carbonyl (C=O) groups is 1. The number of nitrogens with zero attached hydrogens (tertiary/aromatic N) is 1. The number of sulfonamides is 1. The minimum Gasteiger partial charge on any atom is -0.368 e. The molecule has 7 heteroatoms. The van der Waals surface area contributed by atoms with E-state index >= 15 is 0 Å². The molecule has 2 N–H and O–H groups in total. The van der Waals surface area contributed by atoms with Gasteiger partial charge in [0.05, 0.1) is 5.75 Å². The summed E-state index contributed by atoms with van der Waals surface area (Å²) in [6, 6.07) is -0.633. The van der Waals surface area contributed by atoms with Crippen molar-refractivity contribution < 1.29 is 13.2 Å². The number of primary amides is 1. The molecule has 0 aliphatic carbocycles. The molecule has 0 radical (unpaired) electrons. The highest BCUT2D eigenvalue weighted by Gasteiger charge is 2.40. The molecule has 1 heterocycles. The van der Waals surface area contributed by atoms with E-state index < -0.39 is 22.0 Å². The molecular formula is C8H15ClN2O3S. The van der Waals surface area contributed by atoms with Crippen LogP contribution in [0, 0.1) is 0 Å². The van der Waals surface area contributed by atoms with Gasteiger partial charge in [-0.05, 0) is 19.3 Å². The number of halogens is 1. The van der Waals surface area contributed by atoms with Gasteiger partial charge in [-0.25, -0.2) is 8.42 Å². The molecule has 1 amide bonds. The summed E-state index contributed by atoms with van der Waals surface area (Å²) in [7, 11) is -3.32. The lowest BCUT2D eigenvalue weighted by molar-refractivity contribution is -0.124. The topological polar surface area (TPSA) is 80.5 Å². The first-order chi connectivity index (χ1) is 6.99. The van der Waals surface area contributed by atoms with E-state index in [-0.39, 0.29) is 5.75 Å². The van der Waals surface area contributed by atoms with Gasteiger partial charge in [-0.1, -0.05) is 0 Å². The first-order valence-corrected chi connectivity index (χ1v) is 6.98. The number of alkyl halides is 1. The number of hydrogen-bond acceptors (Lipinski definition) is 3. The average Bonchev–Trinajstić information content (AvgIpc) is 1.99. The molecule has 1 aliphatic rings. The van der Waals surface area contributed by atoms with Gasteiger partial charge in [0.1, 0.15) is 6.04 Å². The van der Waals surface area contributed by atoms with Crippen molar-refractivity contribution in [2.75, 3.05) is 18.2 Å². The van der Waals surface area contributed by atoms with Crippen LogP contribution in [0.5, 0.6) is 0 Å². The highest BCUT2D eigenvalue weighted by Crippen LogP contribution is 2.22. The quantitative estimate of drug-likeness (QED) is 0.531. The summed E-state index contributed by atoms with van der Waals surface area (Å²) in [5, 5.41) is 0. The Morgan fingerprint density at radius 3 is 2.53 bits per heavy atom. The third-order valence-corrected chi connectivity index (χ3v) is 4.67. The monoisotopic (exact) mass is 254 g/mol. The standard InChI is InChI=1S/C8H15ClN2O3S/c9-4-1-2-6-15(13,14)11-5-3-7(11)8(10)12/h7H,1-6H2,(H2,10,12). The zero-order valence-corrected chi connectivity index (χ0v) is 9.93. The maximum atomic E-state index is 11.7. The van der Waals surface area contributed by atoms with E-state index in [1.807, 2.05) is 0 Å². The maximum Gasteiger partial charge on any atom is 0.235 e. The number of unbranched alkanes of at least 4 members (excludes halogenated alkanes) is 1. The van der Waals surface area contributed by atoms with Crippen LogP contribution in [0.15, 0.2) is 0 Å². The fourth-order valence-corrected chi connectivity index (χ4v) is 3.45. The lowest BCUT2D eigenvalue weighted by Crippen LogP contribution is -2.57. The number of nitrogens with two attached hydrogens (primary N) is 1. The molecule has 1 unspecified atom stereocenters. The lowest BCUT2D eigenvalue weighted by atomic mass is 10.1. The number of carbonyl (C=O) groups excluding carboxylic acids is 1. The fraction of sp³-hybridized carbons (Fsp3) is 0.875. The van der Waals surface area contributed by atoms with E-state index in [1.165, 1.54) is 4.31 Å². The van der Waals surface area contributed by atoms with Gasteiger partial charge >= 0.3 is 0 Å². The van der Waals surface area contributed by atoms with Gasteiger partial charge in [-0.15, -0.1) is 11.6 Å². The fourth-order valence-electron chi connectivity index (χ4n) is 1.48. The molecule has 0 aromatic rings. The van der Waals surface area contributed by atoms with Crippen LogP contribution in [0.1, 0.15) is 19.3 Å². The average molecular weight is 255 g/mol. The molecule has 0 aromatic heterocycles. The summed E-state index contributed by atoms with van der Waals surface area (Å²) in [5.74, 6) is -0.0692. The summed E-state index contributed by atoms with van der Waals surface area (Å²) >= 11 is 5.45. The molecule has 0 saturated carbocycles. The zero-order valence-electron chi connectivity index (χ0n) is 8.36. The molecule has 5 nitrogen and oxygen atoms in total. The van der Waals surface area contributed by atoms with Crippen molar-refractivity contribution >= 4 is 27.5 Å². The van der Waals surface area contributed by atoms with Crippen LogP contribution in [0.3, 0.4) is 0 Å². The van der Waals surface area contributed by atoms with Crippen LogP contribution in [-0.2, 0) is 14.8 Å². The predicted octanol–water partition coefficient (Wildman–Crippen LogP) is -0.105. The number of hydrogen-bond donors (Lipinski definition) is 1. The van der Waals surface area contributed by atoms with Gasteiger partial charge in [0, 0.05) is 12.4 Å². The molecule has 1 saturated heterocycles. The Morgan fingerprint density at radius 1 is 1.47 bits per heavy atom. The Bertz CT molecular complexity index is 331. The SMILES string of the molecule is NC(=O)C1CCN1S(=O)(=O)CCCCCl. The van der Waals surface area contributed by atoms with E-state index in [2.05, 4.69) is 0 Å². The molecule has 0 bridgehead atoms. The second kappa shape index (κ2) is 5.14. The van der Waals surface area contributed by atoms with Gasteiger partial charge in [-0.3, -0.25) is 4.79 Å². The van der Waals surface area contributed by atoms with Crippen molar-refractivity contribution in [3.63, 3.8) is 0 Å². The summed E-state index contributed by atoms with van der Waals surface area (Å²) in [6.45, 7) is 0.400. The van der Waals surface area contributed by atoms with E-state index in [0.717, 1.165) is 0 Å². The van der Waals surface area contributed by atoms with Crippen LogP contribution in [0.25, 0.3) is 0 Å². The molecule has 1 atom stereocenters. The number of amides is 1. The predicted molar refractivity (Wildman–Crippen MR) is 58.0 cm³/mol. The lowest BCUT2D eigenvalue weighted by Gasteiger charge is -2.37. The van der Waals surface area contributed by atoms with Crippen molar-refractivity contribution in [2.24, 2.45) is 5.73 Å². The summed E-state index contributed by atoms with van der Waals surface area (Å²) in [6.07, 6.45) is 1.72. The first-order valence-electron chi connectivity index (χ1n) is 4.84. The van der Waals surface area contributed by atoms with Crippen molar-refractivity contribution in [2.45, 2.75) is 25.3 Å². The normalized spacial score (nSPS) is 22.3. The molecule has 88 valence electrons. The highest BCUT2D eigenvalue weighted by molar-refractivity contribution is 7.89. The van der Waals surface area contributed by atoms with Gasteiger partial charge in [0.2, 0.25) is 15.9 Å². The first kappa shape index (κ1) is 12.7. The minimum atomic E-state index is -3.32. The Kier molecular flexibility index (Phi) is 4.36. The summed E-state index contributed by atoms with van der Waals surface area (Å²) in [4.78, 5) is 10.9. The second-order valence-corrected chi connectivity index (χ2v) is 5.95.